The average Bonchev–Trinajstić information content (AvgIpc) is 2.96. The minimum Gasteiger partial charge on any atom is -0.485 e. The molecule has 3 aliphatic carbocycles. The Morgan fingerprint density at radius 2 is 1.92 bits per heavy atom. The van der Waals surface area contributed by atoms with E-state index in [0.717, 1.165) is 18.2 Å². The summed E-state index contributed by atoms with van der Waals surface area (Å²) in [5.74, 6) is -1.51. The van der Waals surface area contributed by atoms with E-state index in [1.165, 1.54) is 7.11 Å². The van der Waals surface area contributed by atoms with Crippen molar-refractivity contribution in [2.75, 3.05) is 20.2 Å². The van der Waals surface area contributed by atoms with E-state index in [1.54, 1.807) is 4.90 Å². The number of hydrogen-bond donors (Lipinski definition) is 0. The third-order valence-electron chi connectivity index (χ3n) is 5.72. The summed E-state index contributed by atoms with van der Waals surface area (Å²) in [5, 5.41) is 0. The molecule has 1 aromatic rings. The summed E-state index contributed by atoms with van der Waals surface area (Å²) in [6.07, 6.45) is 1.85. The summed E-state index contributed by atoms with van der Waals surface area (Å²) in [6, 6.07) is 3.07. The number of halogens is 2. The molecule has 0 unspecified atom stereocenters. The van der Waals surface area contributed by atoms with Gasteiger partial charge in [0.15, 0.2) is 11.6 Å². The van der Waals surface area contributed by atoms with Crippen LogP contribution in [0.15, 0.2) is 18.2 Å². The SMILES string of the molecule is COC(=O)C12CC(C(=O)N3CC[C@@H](Oc4cc(F)ccc4F)C3)(C1)C2. The van der Waals surface area contributed by atoms with Crippen molar-refractivity contribution in [3.8, 4) is 5.75 Å². The van der Waals surface area contributed by atoms with E-state index < -0.39 is 22.5 Å². The van der Waals surface area contributed by atoms with Crippen molar-refractivity contribution in [1.29, 1.82) is 0 Å². The number of amides is 1. The summed E-state index contributed by atoms with van der Waals surface area (Å²) in [4.78, 5) is 26.2. The van der Waals surface area contributed by atoms with Crippen LogP contribution in [0.4, 0.5) is 8.78 Å². The highest BCUT2D eigenvalue weighted by atomic mass is 19.1. The predicted molar refractivity (Wildman–Crippen MR) is 82.7 cm³/mol. The first kappa shape index (κ1) is 16.3. The van der Waals surface area contributed by atoms with Crippen LogP contribution < -0.4 is 4.74 Å². The zero-order chi connectivity index (χ0) is 17.8. The van der Waals surface area contributed by atoms with E-state index in [-0.39, 0.29) is 23.7 Å². The Kier molecular flexibility index (Phi) is 3.53. The van der Waals surface area contributed by atoms with E-state index in [9.17, 15) is 18.4 Å². The molecule has 1 saturated heterocycles. The first-order chi connectivity index (χ1) is 11.9. The Balaban J connectivity index is 1.35. The van der Waals surface area contributed by atoms with Crippen LogP contribution >= 0.6 is 0 Å². The molecule has 1 heterocycles. The lowest BCUT2D eigenvalue weighted by Gasteiger charge is -2.67. The number of carbonyl (C=O) groups excluding carboxylic acids is 2. The van der Waals surface area contributed by atoms with Crippen molar-refractivity contribution in [1.82, 2.24) is 4.90 Å². The van der Waals surface area contributed by atoms with Crippen LogP contribution in [-0.4, -0.2) is 43.1 Å². The molecule has 0 radical (unpaired) electrons. The van der Waals surface area contributed by atoms with Crippen molar-refractivity contribution in [3.63, 3.8) is 0 Å². The fraction of sp³-hybridized carbons (Fsp3) is 0.556. The highest BCUT2D eigenvalue weighted by molar-refractivity contribution is 5.94. The van der Waals surface area contributed by atoms with Gasteiger partial charge < -0.3 is 14.4 Å². The van der Waals surface area contributed by atoms with Gasteiger partial charge in [-0.1, -0.05) is 0 Å². The number of benzene rings is 1. The second-order valence-electron chi connectivity index (χ2n) is 7.44. The van der Waals surface area contributed by atoms with Gasteiger partial charge in [-0.3, -0.25) is 9.59 Å². The molecule has 7 heteroatoms. The normalized spacial score (nSPS) is 32.6. The van der Waals surface area contributed by atoms with Gasteiger partial charge in [-0.25, -0.2) is 8.78 Å². The summed E-state index contributed by atoms with van der Waals surface area (Å²) in [6.45, 7) is 0.870. The molecule has 4 fully saturated rings. The molecule has 25 heavy (non-hydrogen) atoms. The summed E-state index contributed by atoms with van der Waals surface area (Å²) in [7, 11) is 1.37. The van der Waals surface area contributed by atoms with E-state index >= 15 is 0 Å². The Morgan fingerprint density at radius 3 is 2.60 bits per heavy atom. The largest absolute Gasteiger partial charge is 0.485 e. The van der Waals surface area contributed by atoms with Crippen LogP contribution in [0.3, 0.4) is 0 Å². The van der Waals surface area contributed by atoms with Crippen molar-refractivity contribution in [2.24, 2.45) is 10.8 Å². The molecule has 1 amide bonds. The summed E-state index contributed by atoms with van der Waals surface area (Å²) >= 11 is 0. The fourth-order valence-corrected chi connectivity index (χ4v) is 4.54. The number of rotatable bonds is 4. The molecular formula is C18H19F2NO4. The van der Waals surface area contributed by atoms with Gasteiger partial charge in [0.2, 0.25) is 5.91 Å². The number of hydrogen-bond acceptors (Lipinski definition) is 4. The minimum absolute atomic E-state index is 0.0316. The molecule has 0 N–H and O–H groups in total. The Hall–Kier alpha value is -2.18. The second-order valence-corrected chi connectivity index (χ2v) is 7.44. The van der Waals surface area contributed by atoms with Crippen LogP contribution in [0, 0.1) is 22.5 Å². The van der Waals surface area contributed by atoms with E-state index in [2.05, 4.69) is 0 Å². The number of methoxy groups -OCH3 is 1. The van der Waals surface area contributed by atoms with E-state index in [4.69, 9.17) is 9.47 Å². The highest BCUT2D eigenvalue weighted by Crippen LogP contribution is 2.74. The molecule has 134 valence electrons. The molecule has 1 aliphatic heterocycles. The smallest absolute Gasteiger partial charge is 0.311 e. The van der Waals surface area contributed by atoms with Gasteiger partial charge in [-0.05, 0) is 31.4 Å². The molecule has 0 aromatic heterocycles. The van der Waals surface area contributed by atoms with Gasteiger partial charge in [-0.15, -0.1) is 0 Å². The maximum absolute atomic E-state index is 13.7. The lowest BCUT2D eigenvalue weighted by Crippen LogP contribution is -2.70. The molecule has 1 aromatic carbocycles. The van der Waals surface area contributed by atoms with Crippen LogP contribution in [0.25, 0.3) is 0 Å². The highest BCUT2D eigenvalue weighted by Gasteiger charge is 2.76. The van der Waals surface area contributed by atoms with Crippen molar-refractivity contribution in [2.45, 2.75) is 31.8 Å². The zero-order valence-corrected chi connectivity index (χ0v) is 13.9. The molecule has 0 spiro atoms. The number of esters is 1. The molecule has 5 nitrogen and oxygen atoms in total. The topological polar surface area (TPSA) is 55.8 Å². The monoisotopic (exact) mass is 351 g/mol. The van der Waals surface area contributed by atoms with Crippen LogP contribution in [-0.2, 0) is 14.3 Å². The van der Waals surface area contributed by atoms with Crippen LogP contribution in [0.1, 0.15) is 25.7 Å². The first-order valence-corrected chi connectivity index (χ1v) is 8.37. The summed E-state index contributed by atoms with van der Waals surface area (Å²) in [5.41, 5.74) is -0.891. The molecular weight excluding hydrogens is 332 g/mol. The number of likely N-dealkylation sites (tertiary alicyclic amines) is 1. The number of carbonyl (C=O) groups is 2. The maximum atomic E-state index is 13.7. The first-order valence-electron chi connectivity index (χ1n) is 8.37. The second kappa shape index (κ2) is 5.41. The molecule has 3 saturated carbocycles. The molecule has 5 rings (SSSR count). The quantitative estimate of drug-likeness (QED) is 0.781. The lowest BCUT2D eigenvalue weighted by molar-refractivity contribution is -0.227. The predicted octanol–water partition coefficient (Wildman–Crippen LogP) is 2.29. The van der Waals surface area contributed by atoms with Crippen LogP contribution in [0.2, 0.25) is 0 Å². The minimum atomic E-state index is -0.620. The standard InChI is InChI=1S/C18H19F2NO4/c1-24-16(23)18-8-17(9-18,10-18)15(22)21-5-4-12(7-21)25-14-6-11(19)2-3-13(14)20/h2-3,6,12H,4-5,7-10H2,1H3/t12-,17?,18?/m1/s1. The fourth-order valence-electron chi connectivity index (χ4n) is 4.54. The Labute approximate surface area is 143 Å². The maximum Gasteiger partial charge on any atom is 0.311 e. The number of ether oxygens (including phenoxy) is 2. The Morgan fingerprint density at radius 1 is 1.20 bits per heavy atom. The van der Waals surface area contributed by atoms with Crippen molar-refractivity contribution < 1.29 is 27.8 Å². The van der Waals surface area contributed by atoms with Gasteiger partial charge in [-0.2, -0.15) is 0 Å². The van der Waals surface area contributed by atoms with E-state index in [1.807, 2.05) is 0 Å². The van der Waals surface area contributed by atoms with Crippen molar-refractivity contribution >= 4 is 11.9 Å². The Bertz CT molecular complexity index is 731. The van der Waals surface area contributed by atoms with E-state index in [0.29, 0.717) is 38.8 Å². The third-order valence-corrected chi connectivity index (χ3v) is 5.72. The molecule has 1 atom stereocenters. The zero-order valence-electron chi connectivity index (χ0n) is 13.9. The molecule has 4 aliphatic rings. The average molecular weight is 351 g/mol. The summed E-state index contributed by atoms with van der Waals surface area (Å²) < 4.78 is 37.2. The van der Waals surface area contributed by atoms with Crippen molar-refractivity contribution in [3.05, 3.63) is 29.8 Å². The molecule has 2 bridgehead atoms. The van der Waals surface area contributed by atoms with Gasteiger partial charge >= 0.3 is 5.97 Å². The van der Waals surface area contributed by atoms with Gasteiger partial charge in [0, 0.05) is 19.0 Å². The van der Waals surface area contributed by atoms with Gasteiger partial charge in [0.1, 0.15) is 11.9 Å². The third kappa shape index (κ3) is 2.40. The van der Waals surface area contributed by atoms with Crippen LogP contribution in [0.5, 0.6) is 5.75 Å². The van der Waals surface area contributed by atoms with Gasteiger partial charge in [0.25, 0.3) is 0 Å². The lowest BCUT2D eigenvalue weighted by atomic mass is 9.34. The van der Waals surface area contributed by atoms with Gasteiger partial charge in [0.05, 0.1) is 24.5 Å². The number of nitrogens with zero attached hydrogens (tertiary/aromatic N) is 1.